The first kappa shape index (κ1) is 11.1. The highest BCUT2D eigenvalue weighted by molar-refractivity contribution is 6.29. The Labute approximate surface area is 98.0 Å². The minimum Gasteiger partial charge on any atom is -0.494 e. The summed E-state index contributed by atoms with van der Waals surface area (Å²) in [6.45, 7) is 2.01. The molecule has 0 aliphatic carbocycles. The molecule has 0 saturated carbocycles. The van der Waals surface area contributed by atoms with Gasteiger partial charge in [-0.25, -0.2) is 9.37 Å². The van der Waals surface area contributed by atoms with E-state index < -0.39 is 5.82 Å². The van der Waals surface area contributed by atoms with Crippen LogP contribution in [0.3, 0.4) is 0 Å². The molecule has 1 heterocycles. The van der Waals surface area contributed by atoms with Gasteiger partial charge in [-0.15, -0.1) is 0 Å². The van der Waals surface area contributed by atoms with Gasteiger partial charge < -0.3 is 4.74 Å². The summed E-state index contributed by atoms with van der Waals surface area (Å²) in [5, 5.41) is 1.26. The van der Waals surface area contributed by atoms with Gasteiger partial charge in [0.25, 0.3) is 0 Å². The normalized spacial score (nSPS) is 10.8. The van der Waals surface area contributed by atoms with Crippen LogP contribution >= 0.6 is 11.6 Å². The Morgan fingerprint density at radius 1 is 1.38 bits per heavy atom. The van der Waals surface area contributed by atoms with Crippen LogP contribution in [-0.2, 0) is 6.42 Å². The number of nitrogens with zero attached hydrogens (tertiary/aromatic N) is 1. The number of halogens is 2. The second-order valence-electron chi connectivity index (χ2n) is 3.46. The van der Waals surface area contributed by atoms with Crippen molar-refractivity contribution in [3.63, 3.8) is 0 Å². The van der Waals surface area contributed by atoms with Crippen LogP contribution in [0.4, 0.5) is 4.39 Å². The third kappa shape index (κ3) is 1.83. The Morgan fingerprint density at radius 2 is 2.12 bits per heavy atom. The highest BCUT2D eigenvalue weighted by Crippen LogP contribution is 2.28. The van der Waals surface area contributed by atoms with Crippen LogP contribution in [0.1, 0.15) is 12.5 Å². The van der Waals surface area contributed by atoms with Crippen molar-refractivity contribution in [2.45, 2.75) is 13.3 Å². The fourth-order valence-corrected chi connectivity index (χ4v) is 1.93. The van der Waals surface area contributed by atoms with Gasteiger partial charge in [-0.3, -0.25) is 0 Å². The van der Waals surface area contributed by atoms with Crippen LogP contribution in [0, 0.1) is 5.82 Å². The maximum absolute atomic E-state index is 13.5. The predicted molar refractivity (Wildman–Crippen MR) is 62.6 cm³/mol. The summed E-state index contributed by atoms with van der Waals surface area (Å²) in [5.74, 6) is -0.196. The van der Waals surface area contributed by atoms with Crippen LogP contribution < -0.4 is 4.74 Å². The Morgan fingerprint density at radius 3 is 2.75 bits per heavy atom. The molecule has 0 fully saturated rings. The van der Waals surface area contributed by atoms with Gasteiger partial charge in [-0.2, -0.15) is 0 Å². The van der Waals surface area contributed by atoms with Gasteiger partial charge in [0.1, 0.15) is 5.15 Å². The summed E-state index contributed by atoms with van der Waals surface area (Å²) < 4.78 is 18.4. The number of pyridine rings is 1. The number of fused-ring (bicyclic) bond motifs is 1. The molecule has 0 radical (unpaired) electrons. The summed E-state index contributed by atoms with van der Waals surface area (Å²) >= 11 is 5.86. The molecule has 0 aliphatic rings. The number of methoxy groups -OCH3 is 1. The molecule has 0 N–H and O–H groups in total. The second kappa shape index (κ2) is 4.26. The molecule has 16 heavy (non-hydrogen) atoms. The molecule has 0 saturated heterocycles. The molecule has 2 nitrogen and oxygen atoms in total. The molecular weight excluding hydrogens is 229 g/mol. The van der Waals surface area contributed by atoms with Gasteiger partial charge >= 0.3 is 0 Å². The van der Waals surface area contributed by atoms with Crippen molar-refractivity contribution in [3.05, 3.63) is 34.7 Å². The SMILES string of the molecule is CCc1cc(Cl)nc2cc(F)c(OC)cc12. The van der Waals surface area contributed by atoms with Crippen molar-refractivity contribution in [1.29, 1.82) is 0 Å². The number of aryl methyl sites for hydroxylation is 1. The van der Waals surface area contributed by atoms with E-state index in [1.54, 1.807) is 12.1 Å². The van der Waals surface area contributed by atoms with E-state index in [1.807, 2.05) is 6.92 Å². The van der Waals surface area contributed by atoms with E-state index in [-0.39, 0.29) is 5.75 Å². The standard InChI is InChI=1S/C12H11ClFNO/c1-3-7-4-12(13)15-10-6-9(14)11(16-2)5-8(7)10/h4-6H,3H2,1-2H3. The van der Waals surface area contributed by atoms with Gasteiger partial charge in [-0.1, -0.05) is 18.5 Å². The fourth-order valence-electron chi connectivity index (χ4n) is 1.71. The predicted octanol–water partition coefficient (Wildman–Crippen LogP) is 3.60. The van der Waals surface area contributed by atoms with Crippen molar-refractivity contribution < 1.29 is 9.13 Å². The van der Waals surface area contributed by atoms with E-state index in [0.717, 1.165) is 17.4 Å². The molecule has 0 unspecified atom stereocenters. The Bertz CT molecular complexity index is 542. The highest BCUT2D eigenvalue weighted by Gasteiger charge is 2.09. The minimum absolute atomic E-state index is 0.228. The zero-order chi connectivity index (χ0) is 11.7. The first-order chi connectivity index (χ1) is 7.65. The summed E-state index contributed by atoms with van der Waals surface area (Å²) in [6.07, 6.45) is 0.813. The van der Waals surface area contributed by atoms with Crippen LogP contribution in [0.5, 0.6) is 5.75 Å². The van der Waals surface area contributed by atoms with Gasteiger partial charge in [0.2, 0.25) is 0 Å². The molecule has 0 aliphatic heterocycles. The lowest BCUT2D eigenvalue weighted by Gasteiger charge is -2.08. The molecule has 2 aromatic rings. The lowest BCUT2D eigenvalue weighted by atomic mass is 10.1. The topological polar surface area (TPSA) is 22.1 Å². The van der Waals surface area contributed by atoms with Gasteiger partial charge in [-0.05, 0) is 24.1 Å². The number of aromatic nitrogens is 1. The first-order valence-electron chi connectivity index (χ1n) is 4.98. The van der Waals surface area contributed by atoms with Crippen molar-refractivity contribution in [2.24, 2.45) is 0 Å². The van der Waals surface area contributed by atoms with Crippen LogP contribution in [-0.4, -0.2) is 12.1 Å². The Hall–Kier alpha value is -1.35. The monoisotopic (exact) mass is 239 g/mol. The second-order valence-corrected chi connectivity index (χ2v) is 3.85. The molecular formula is C12H11ClFNO. The average Bonchev–Trinajstić information content (AvgIpc) is 2.26. The summed E-state index contributed by atoms with van der Waals surface area (Å²) in [7, 11) is 1.44. The minimum atomic E-state index is -0.424. The van der Waals surface area contributed by atoms with Crippen LogP contribution in [0.25, 0.3) is 10.9 Å². The van der Waals surface area contributed by atoms with Crippen molar-refractivity contribution >= 4 is 22.5 Å². The van der Waals surface area contributed by atoms with Gasteiger partial charge in [0.05, 0.1) is 12.6 Å². The van der Waals surface area contributed by atoms with Crippen molar-refractivity contribution in [3.8, 4) is 5.75 Å². The van der Waals surface area contributed by atoms with Crippen molar-refractivity contribution in [2.75, 3.05) is 7.11 Å². The van der Waals surface area contributed by atoms with Crippen molar-refractivity contribution in [1.82, 2.24) is 4.98 Å². The highest BCUT2D eigenvalue weighted by atomic mass is 35.5. The zero-order valence-corrected chi connectivity index (χ0v) is 9.81. The lowest BCUT2D eigenvalue weighted by Crippen LogP contribution is -1.93. The molecule has 1 aromatic heterocycles. The van der Waals surface area contributed by atoms with Crippen LogP contribution in [0.2, 0.25) is 5.15 Å². The Balaban J connectivity index is 2.79. The van der Waals surface area contributed by atoms with E-state index in [4.69, 9.17) is 16.3 Å². The number of hydrogen-bond acceptors (Lipinski definition) is 2. The summed E-state index contributed by atoms with van der Waals surface area (Å²) in [6, 6.07) is 4.80. The van der Waals surface area contributed by atoms with E-state index >= 15 is 0 Å². The quantitative estimate of drug-likeness (QED) is 0.747. The molecule has 4 heteroatoms. The van der Waals surface area contributed by atoms with E-state index in [9.17, 15) is 4.39 Å². The summed E-state index contributed by atoms with van der Waals surface area (Å²) in [4.78, 5) is 4.09. The number of hydrogen-bond donors (Lipinski definition) is 0. The third-order valence-electron chi connectivity index (χ3n) is 2.52. The number of benzene rings is 1. The maximum atomic E-state index is 13.5. The molecule has 0 bridgehead atoms. The number of ether oxygens (including phenoxy) is 1. The van der Waals surface area contributed by atoms with Gasteiger partial charge in [0, 0.05) is 11.5 Å². The fraction of sp³-hybridized carbons (Fsp3) is 0.250. The molecule has 84 valence electrons. The third-order valence-corrected chi connectivity index (χ3v) is 2.71. The average molecular weight is 240 g/mol. The van der Waals surface area contributed by atoms with E-state index in [1.165, 1.54) is 13.2 Å². The van der Waals surface area contributed by atoms with E-state index in [0.29, 0.717) is 10.7 Å². The van der Waals surface area contributed by atoms with E-state index in [2.05, 4.69) is 4.98 Å². The largest absolute Gasteiger partial charge is 0.494 e. The first-order valence-corrected chi connectivity index (χ1v) is 5.36. The van der Waals surface area contributed by atoms with Gasteiger partial charge in [0.15, 0.2) is 11.6 Å². The Kier molecular flexibility index (Phi) is 2.97. The molecule has 2 rings (SSSR count). The summed E-state index contributed by atoms with van der Waals surface area (Å²) in [5.41, 5.74) is 1.59. The molecule has 0 atom stereocenters. The molecule has 0 amide bonds. The maximum Gasteiger partial charge on any atom is 0.167 e. The number of rotatable bonds is 2. The lowest BCUT2D eigenvalue weighted by molar-refractivity contribution is 0.387. The zero-order valence-electron chi connectivity index (χ0n) is 9.05. The molecule has 0 spiro atoms. The van der Waals surface area contributed by atoms with Crippen LogP contribution in [0.15, 0.2) is 18.2 Å². The smallest absolute Gasteiger partial charge is 0.167 e. The molecule has 1 aromatic carbocycles.